The molecule has 1 aromatic carbocycles. The summed E-state index contributed by atoms with van der Waals surface area (Å²) in [5.41, 5.74) is -0.0405. The van der Waals surface area contributed by atoms with E-state index >= 15 is 0 Å². The molecule has 5 nitrogen and oxygen atoms in total. The highest BCUT2D eigenvalue weighted by atomic mass is 19.1. The molecular formula is C17H20F2N4O. The number of anilines is 2. The first-order chi connectivity index (χ1) is 11.5. The molecule has 0 aliphatic carbocycles. The van der Waals surface area contributed by atoms with Crippen LogP contribution in [0.5, 0.6) is 0 Å². The molecule has 2 aromatic rings. The predicted octanol–water partition coefficient (Wildman–Crippen LogP) is 3.63. The van der Waals surface area contributed by atoms with E-state index < -0.39 is 17.5 Å². The van der Waals surface area contributed by atoms with Crippen LogP contribution in [-0.2, 0) is 0 Å². The Labute approximate surface area is 139 Å². The zero-order chi connectivity index (χ0) is 17.5. The molecule has 0 unspecified atom stereocenters. The van der Waals surface area contributed by atoms with Gasteiger partial charge in [-0.1, -0.05) is 13.8 Å². The van der Waals surface area contributed by atoms with E-state index in [1.54, 1.807) is 6.07 Å². The summed E-state index contributed by atoms with van der Waals surface area (Å²) < 4.78 is 26.4. The van der Waals surface area contributed by atoms with Crippen LogP contribution in [0.2, 0.25) is 0 Å². The summed E-state index contributed by atoms with van der Waals surface area (Å²) in [5, 5.41) is 10.3. The minimum absolute atomic E-state index is 0.0652. The topological polar surface area (TPSA) is 58.1 Å². The van der Waals surface area contributed by atoms with Crippen molar-refractivity contribution in [1.29, 1.82) is 0 Å². The van der Waals surface area contributed by atoms with Gasteiger partial charge in [-0.05, 0) is 37.1 Å². The number of nitrogens with one attached hydrogen (secondary N) is 1. The van der Waals surface area contributed by atoms with Crippen molar-refractivity contribution in [1.82, 2.24) is 10.2 Å². The van der Waals surface area contributed by atoms with Gasteiger partial charge < -0.3 is 10.2 Å². The first-order valence-corrected chi connectivity index (χ1v) is 7.90. The van der Waals surface area contributed by atoms with Gasteiger partial charge in [0.05, 0.1) is 5.69 Å². The second-order valence-corrected chi connectivity index (χ2v) is 5.34. The van der Waals surface area contributed by atoms with E-state index in [2.05, 4.69) is 34.3 Å². The molecule has 1 N–H and O–H groups in total. The molecule has 2 rings (SSSR count). The van der Waals surface area contributed by atoms with E-state index in [0.29, 0.717) is 11.9 Å². The summed E-state index contributed by atoms with van der Waals surface area (Å²) in [6.45, 7) is 5.87. The van der Waals surface area contributed by atoms with Gasteiger partial charge in [-0.25, -0.2) is 8.78 Å². The number of carbonyl (C=O) groups excluding carboxylic acids is 1. The largest absolute Gasteiger partial charge is 0.355 e. The van der Waals surface area contributed by atoms with E-state index in [0.717, 1.165) is 38.1 Å². The lowest BCUT2D eigenvalue weighted by Crippen LogP contribution is -2.26. The van der Waals surface area contributed by atoms with E-state index in [1.807, 2.05) is 0 Å². The number of nitrogens with zero attached hydrogens (tertiary/aromatic N) is 3. The van der Waals surface area contributed by atoms with Crippen LogP contribution in [0.25, 0.3) is 0 Å². The van der Waals surface area contributed by atoms with E-state index in [9.17, 15) is 13.6 Å². The van der Waals surface area contributed by atoms with Gasteiger partial charge >= 0.3 is 0 Å². The Bertz CT molecular complexity index is 685. The van der Waals surface area contributed by atoms with Gasteiger partial charge in [-0.2, -0.15) is 0 Å². The Morgan fingerprint density at radius 2 is 1.79 bits per heavy atom. The van der Waals surface area contributed by atoms with Crippen molar-refractivity contribution in [2.24, 2.45) is 0 Å². The fourth-order valence-corrected chi connectivity index (χ4v) is 2.27. The van der Waals surface area contributed by atoms with Gasteiger partial charge in [0.15, 0.2) is 11.5 Å². The Morgan fingerprint density at radius 3 is 2.33 bits per heavy atom. The standard InChI is InChI=1S/C17H20F2N4O/c1-3-9-23(10-4-2)16-8-7-15(21-22-16)17(24)20-14-6-5-12(18)11-13(14)19/h5-8,11H,3-4,9-10H2,1-2H3,(H,20,24). The molecule has 1 heterocycles. The SMILES string of the molecule is CCCN(CCC)c1ccc(C(=O)Nc2ccc(F)cc2F)nn1. The van der Waals surface area contributed by atoms with Crippen molar-refractivity contribution in [3.63, 3.8) is 0 Å². The quantitative estimate of drug-likeness (QED) is 0.840. The monoisotopic (exact) mass is 334 g/mol. The third-order valence-corrected chi connectivity index (χ3v) is 3.37. The van der Waals surface area contributed by atoms with Gasteiger partial charge in [-0.3, -0.25) is 4.79 Å². The van der Waals surface area contributed by atoms with E-state index in [1.165, 1.54) is 6.07 Å². The van der Waals surface area contributed by atoms with Crippen molar-refractivity contribution < 1.29 is 13.6 Å². The fourth-order valence-electron chi connectivity index (χ4n) is 2.27. The molecule has 128 valence electrons. The third-order valence-electron chi connectivity index (χ3n) is 3.37. The summed E-state index contributed by atoms with van der Waals surface area (Å²) in [7, 11) is 0. The normalized spacial score (nSPS) is 10.5. The van der Waals surface area contributed by atoms with E-state index in [-0.39, 0.29) is 11.4 Å². The Hall–Kier alpha value is -2.57. The minimum Gasteiger partial charge on any atom is -0.355 e. The van der Waals surface area contributed by atoms with Crippen molar-refractivity contribution in [2.45, 2.75) is 26.7 Å². The first kappa shape index (κ1) is 17.8. The molecule has 0 bridgehead atoms. The molecule has 0 saturated heterocycles. The van der Waals surface area contributed by atoms with Crippen molar-refractivity contribution in [3.8, 4) is 0 Å². The van der Waals surface area contributed by atoms with Crippen LogP contribution < -0.4 is 10.2 Å². The summed E-state index contributed by atoms with van der Waals surface area (Å²) in [4.78, 5) is 14.2. The van der Waals surface area contributed by atoms with Gasteiger partial charge in [-0.15, -0.1) is 10.2 Å². The van der Waals surface area contributed by atoms with Crippen LogP contribution >= 0.6 is 0 Å². The number of aromatic nitrogens is 2. The number of rotatable bonds is 7. The van der Waals surface area contributed by atoms with Crippen molar-refractivity contribution in [3.05, 3.63) is 47.7 Å². The van der Waals surface area contributed by atoms with Gasteiger partial charge in [0.2, 0.25) is 0 Å². The average molecular weight is 334 g/mol. The van der Waals surface area contributed by atoms with Crippen LogP contribution in [0.4, 0.5) is 20.3 Å². The lowest BCUT2D eigenvalue weighted by Gasteiger charge is -2.21. The zero-order valence-corrected chi connectivity index (χ0v) is 13.7. The summed E-state index contributed by atoms with van der Waals surface area (Å²) in [6.07, 6.45) is 1.96. The van der Waals surface area contributed by atoms with Gasteiger partial charge in [0.1, 0.15) is 11.6 Å². The van der Waals surface area contributed by atoms with Crippen LogP contribution in [0, 0.1) is 11.6 Å². The van der Waals surface area contributed by atoms with Crippen LogP contribution in [0.3, 0.4) is 0 Å². The molecular weight excluding hydrogens is 314 g/mol. The highest BCUT2D eigenvalue weighted by molar-refractivity contribution is 6.02. The fraction of sp³-hybridized carbons (Fsp3) is 0.353. The molecule has 0 fully saturated rings. The lowest BCUT2D eigenvalue weighted by molar-refractivity contribution is 0.102. The third kappa shape index (κ3) is 4.47. The molecule has 0 atom stereocenters. The number of benzene rings is 1. The Balaban J connectivity index is 2.10. The minimum atomic E-state index is -0.843. The van der Waals surface area contributed by atoms with Crippen molar-refractivity contribution >= 4 is 17.4 Å². The smallest absolute Gasteiger partial charge is 0.276 e. The second-order valence-electron chi connectivity index (χ2n) is 5.34. The lowest BCUT2D eigenvalue weighted by atomic mass is 10.2. The maximum atomic E-state index is 13.6. The molecule has 7 heteroatoms. The van der Waals surface area contributed by atoms with Gasteiger partial charge in [0, 0.05) is 19.2 Å². The molecule has 0 radical (unpaired) electrons. The summed E-state index contributed by atoms with van der Waals surface area (Å²) in [6, 6.07) is 6.19. The van der Waals surface area contributed by atoms with Crippen LogP contribution in [-0.4, -0.2) is 29.2 Å². The van der Waals surface area contributed by atoms with Crippen molar-refractivity contribution in [2.75, 3.05) is 23.3 Å². The van der Waals surface area contributed by atoms with Crippen LogP contribution in [0.1, 0.15) is 37.2 Å². The highest BCUT2D eigenvalue weighted by Gasteiger charge is 2.13. The van der Waals surface area contributed by atoms with Gasteiger partial charge in [0.25, 0.3) is 5.91 Å². The maximum absolute atomic E-state index is 13.6. The first-order valence-electron chi connectivity index (χ1n) is 7.90. The average Bonchev–Trinajstić information content (AvgIpc) is 2.57. The number of hydrogen-bond donors (Lipinski definition) is 1. The highest BCUT2D eigenvalue weighted by Crippen LogP contribution is 2.16. The molecule has 0 saturated carbocycles. The number of amides is 1. The number of halogens is 2. The maximum Gasteiger partial charge on any atom is 0.276 e. The number of hydrogen-bond acceptors (Lipinski definition) is 4. The Morgan fingerprint density at radius 1 is 1.08 bits per heavy atom. The Kier molecular flexibility index (Phi) is 6.17. The summed E-state index contributed by atoms with van der Waals surface area (Å²) in [5.74, 6) is -1.45. The van der Waals surface area contributed by atoms with E-state index in [4.69, 9.17) is 0 Å². The molecule has 24 heavy (non-hydrogen) atoms. The second kappa shape index (κ2) is 8.33. The summed E-state index contributed by atoms with van der Waals surface area (Å²) >= 11 is 0. The molecule has 0 spiro atoms. The molecule has 0 aliphatic rings. The van der Waals surface area contributed by atoms with Crippen LogP contribution in [0.15, 0.2) is 30.3 Å². The zero-order valence-electron chi connectivity index (χ0n) is 13.7. The molecule has 0 aliphatic heterocycles. The predicted molar refractivity (Wildman–Crippen MR) is 89.1 cm³/mol. The number of carbonyl (C=O) groups is 1. The molecule has 1 amide bonds. The molecule has 1 aromatic heterocycles.